The number of carbonyl (C=O) groups excluding carboxylic acids is 1. The summed E-state index contributed by atoms with van der Waals surface area (Å²) in [6.07, 6.45) is 0.841. The van der Waals surface area contributed by atoms with E-state index >= 15 is 0 Å². The van der Waals surface area contributed by atoms with Gasteiger partial charge in [0.05, 0.1) is 0 Å². The van der Waals surface area contributed by atoms with E-state index in [1.807, 2.05) is 25.1 Å². The number of amides is 1. The predicted octanol–water partition coefficient (Wildman–Crippen LogP) is 1.50. The Balaban J connectivity index is 2.05. The molecule has 0 fully saturated rings. The summed E-state index contributed by atoms with van der Waals surface area (Å²) in [6.45, 7) is 6.17. The third-order valence-electron chi connectivity index (χ3n) is 4.01. The molecule has 22 heavy (non-hydrogen) atoms. The zero-order chi connectivity index (χ0) is 16.3. The maximum Gasteiger partial charge on any atom is 0.343 e. The van der Waals surface area contributed by atoms with Crippen molar-refractivity contribution < 1.29 is 4.79 Å². The Bertz CT molecular complexity index is 700. The van der Waals surface area contributed by atoms with Crippen molar-refractivity contribution in [3.63, 3.8) is 0 Å². The highest BCUT2D eigenvalue weighted by Gasteiger charge is 2.28. The minimum Gasteiger partial charge on any atom is -0.346 e. The summed E-state index contributed by atoms with van der Waals surface area (Å²) in [4.78, 5) is 25.9. The molecule has 1 aromatic heterocycles. The van der Waals surface area contributed by atoms with Crippen molar-refractivity contribution in [2.75, 3.05) is 0 Å². The highest BCUT2D eigenvalue weighted by atomic mass is 16.2. The Labute approximate surface area is 129 Å². The smallest absolute Gasteiger partial charge is 0.343 e. The van der Waals surface area contributed by atoms with Crippen LogP contribution >= 0.6 is 0 Å². The lowest BCUT2D eigenvalue weighted by Crippen LogP contribution is -2.44. The summed E-state index contributed by atoms with van der Waals surface area (Å²) < 4.78 is 1.11. The minimum absolute atomic E-state index is 0.0369. The van der Waals surface area contributed by atoms with Crippen LogP contribution in [0.1, 0.15) is 37.0 Å². The van der Waals surface area contributed by atoms with Crippen LogP contribution in [-0.2, 0) is 13.5 Å². The molecule has 1 atom stereocenters. The molecule has 2 aromatic rings. The third kappa shape index (κ3) is 3.63. The predicted molar refractivity (Wildman–Crippen MR) is 84.7 cm³/mol. The summed E-state index contributed by atoms with van der Waals surface area (Å²) in [5.41, 5.74) is 0.688. The number of nitrogens with one attached hydrogen (secondary N) is 2. The maximum atomic E-state index is 12.2. The van der Waals surface area contributed by atoms with E-state index in [0.717, 1.165) is 11.1 Å². The zero-order valence-corrected chi connectivity index (χ0v) is 13.4. The van der Waals surface area contributed by atoms with Gasteiger partial charge in [-0.3, -0.25) is 9.78 Å². The van der Waals surface area contributed by atoms with Crippen LogP contribution in [0.5, 0.6) is 0 Å². The Morgan fingerprint density at radius 1 is 1.36 bits per heavy atom. The monoisotopic (exact) mass is 302 g/mol. The van der Waals surface area contributed by atoms with Gasteiger partial charge in [0, 0.05) is 13.1 Å². The van der Waals surface area contributed by atoms with Crippen LogP contribution in [0.15, 0.2) is 35.1 Å². The second-order valence-electron chi connectivity index (χ2n) is 6.25. The van der Waals surface area contributed by atoms with E-state index in [4.69, 9.17) is 0 Å². The van der Waals surface area contributed by atoms with E-state index in [1.54, 1.807) is 0 Å². The van der Waals surface area contributed by atoms with Gasteiger partial charge >= 0.3 is 5.69 Å². The lowest BCUT2D eigenvalue weighted by atomic mass is 9.79. The molecule has 6 nitrogen and oxygen atoms in total. The van der Waals surface area contributed by atoms with Gasteiger partial charge in [-0.2, -0.15) is 0 Å². The normalized spacial score (nSPS) is 12.9. The number of carbonyl (C=O) groups is 1. The first-order valence-electron chi connectivity index (χ1n) is 7.28. The molecule has 0 radical (unpaired) electrons. The Hall–Kier alpha value is -2.37. The molecule has 0 saturated carbocycles. The molecule has 1 unspecified atom stereocenters. The molecular formula is C16H22N4O2. The molecule has 118 valence electrons. The molecule has 1 aromatic carbocycles. The average Bonchev–Trinajstić information content (AvgIpc) is 2.79. The van der Waals surface area contributed by atoms with E-state index in [1.165, 1.54) is 12.6 Å². The van der Waals surface area contributed by atoms with Gasteiger partial charge in [-0.1, -0.05) is 44.2 Å². The van der Waals surface area contributed by atoms with Gasteiger partial charge in [-0.25, -0.2) is 9.48 Å². The van der Waals surface area contributed by atoms with Crippen LogP contribution in [0.3, 0.4) is 0 Å². The van der Waals surface area contributed by atoms with Crippen molar-refractivity contribution in [2.45, 2.75) is 33.2 Å². The lowest BCUT2D eigenvalue weighted by molar-refractivity contribution is 0.0892. The van der Waals surface area contributed by atoms with Crippen LogP contribution in [0.2, 0.25) is 0 Å². The molecule has 6 heteroatoms. The van der Waals surface area contributed by atoms with Crippen LogP contribution in [0.4, 0.5) is 0 Å². The maximum absolute atomic E-state index is 12.2. The number of benzene rings is 1. The fraction of sp³-hybridized carbons (Fsp3) is 0.438. The van der Waals surface area contributed by atoms with Gasteiger partial charge in [0.2, 0.25) is 5.82 Å². The van der Waals surface area contributed by atoms with Crippen molar-refractivity contribution >= 4 is 5.91 Å². The number of H-pyrrole nitrogens is 1. The van der Waals surface area contributed by atoms with Gasteiger partial charge in [0.1, 0.15) is 0 Å². The minimum atomic E-state index is -0.402. The first-order chi connectivity index (χ1) is 10.3. The number of nitrogens with zero attached hydrogens (tertiary/aromatic N) is 2. The van der Waals surface area contributed by atoms with Crippen LogP contribution in [-0.4, -0.2) is 26.7 Å². The molecule has 2 N–H and O–H groups in total. The highest BCUT2D eigenvalue weighted by Crippen LogP contribution is 2.26. The van der Waals surface area contributed by atoms with Crippen molar-refractivity contribution in [3.8, 4) is 0 Å². The molecule has 0 saturated heterocycles. The third-order valence-corrected chi connectivity index (χ3v) is 4.01. The Morgan fingerprint density at radius 2 is 2.00 bits per heavy atom. The van der Waals surface area contributed by atoms with Crippen molar-refractivity contribution in [1.82, 2.24) is 20.1 Å². The second kappa shape index (κ2) is 6.17. The molecule has 1 amide bonds. The van der Waals surface area contributed by atoms with Gasteiger partial charge in [0.15, 0.2) is 0 Å². The van der Waals surface area contributed by atoms with E-state index in [0.29, 0.717) is 0 Å². The van der Waals surface area contributed by atoms with Crippen molar-refractivity contribution in [3.05, 3.63) is 52.2 Å². The first kappa shape index (κ1) is 16.0. The molecule has 0 aliphatic rings. The van der Waals surface area contributed by atoms with E-state index in [-0.39, 0.29) is 23.2 Å². The second-order valence-corrected chi connectivity index (χ2v) is 6.25. The topological polar surface area (TPSA) is 79.8 Å². The Kier molecular flexibility index (Phi) is 4.49. The van der Waals surface area contributed by atoms with Gasteiger partial charge in [0.25, 0.3) is 5.91 Å². The fourth-order valence-corrected chi connectivity index (χ4v) is 2.24. The van der Waals surface area contributed by atoms with E-state index < -0.39 is 5.69 Å². The van der Waals surface area contributed by atoms with Crippen LogP contribution < -0.4 is 11.0 Å². The quantitative estimate of drug-likeness (QED) is 0.878. The van der Waals surface area contributed by atoms with Crippen LogP contribution in [0, 0.1) is 5.41 Å². The summed E-state index contributed by atoms with van der Waals surface area (Å²) in [7, 11) is 1.50. The first-order valence-corrected chi connectivity index (χ1v) is 7.28. The van der Waals surface area contributed by atoms with Crippen molar-refractivity contribution in [2.24, 2.45) is 12.5 Å². The summed E-state index contributed by atoms with van der Waals surface area (Å²) in [6, 6.07) is 10.1. The summed E-state index contributed by atoms with van der Waals surface area (Å²) >= 11 is 0. The largest absolute Gasteiger partial charge is 0.346 e. The molecular weight excluding hydrogens is 280 g/mol. The van der Waals surface area contributed by atoms with Gasteiger partial charge in [-0.05, 0) is 24.3 Å². The van der Waals surface area contributed by atoms with Gasteiger partial charge in [-0.15, -0.1) is 5.10 Å². The number of hydrogen-bond donors (Lipinski definition) is 2. The molecule has 2 rings (SSSR count). The lowest BCUT2D eigenvalue weighted by Gasteiger charge is -2.32. The fourth-order valence-electron chi connectivity index (χ4n) is 2.24. The standard InChI is InChI=1S/C16H22N4O2/c1-11(16(2,3)10-12-8-6-5-7-9-12)17-14(21)13-18-15(22)20(4)19-13/h5-9,11H,10H2,1-4H3,(H,17,21)(H,18,19,22). The van der Waals surface area contributed by atoms with Crippen LogP contribution in [0.25, 0.3) is 0 Å². The van der Waals surface area contributed by atoms with E-state index in [9.17, 15) is 9.59 Å². The SMILES string of the molecule is CC(NC(=O)c1nn(C)c(=O)[nH]1)C(C)(C)Cc1ccccc1. The number of aryl methyl sites for hydroxylation is 1. The zero-order valence-electron chi connectivity index (χ0n) is 13.4. The highest BCUT2D eigenvalue weighted by molar-refractivity contribution is 5.90. The summed E-state index contributed by atoms with van der Waals surface area (Å²) in [5.74, 6) is -0.332. The number of rotatable bonds is 5. The molecule has 0 aliphatic heterocycles. The van der Waals surface area contributed by atoms with Gasteiger partial charge < -0.3 is 5.32 Å². The number of hydrogen-bond acceptors (Lipinski definition) is 3. The van der Waals surface area contributed by atoms with E-state index in [2.05, 4.69) is 41.4 Å². The molecule has 0 spiro atoms. The molecule has 0 bridgehead atoms. The average molecular weight is 302 g/mol. The Morgan fingerprint density at radius 3 is 2.55 bits per heavy atom. The van der Waals surface area contributed by atoms with Crippen molar-refractivity contribution in [1.29, 1.82) is 0 Å². The number of aromatic amines is 1. The summed E-state index contributed by atoms with van der Waals surface area (Å²) in [5, 5.41) is 6.78. The number of aromatic nitrogens is 3. The molecule has 1 heterocycles. The molecule has 0 aliphatic carbocycles.